The van der Waals surface area contributed by atoms with Crippen molar-refractivity contribution >= 4 is 43.2 Å². The van der Waals surface area contributed by atoms with Gasteiger partial charge in [0.25, 0.3) is 15.9 Å². The van der Waals surface area contributed by atoms with Crippen molar-refractivity contribution in [3.8, 4) is 5.75 Å². The first-order valence-electron chi connectivity index (χ1n) is 11.0. The predicted octanol–water partition coefficient (Wildman–Crippen LogP) is 5.14. The van der Waals surface area contributed by atoms with Crippen molar-refractivity contribution < 1.29 is 17.9 Å². The van der Waals surface area contributed by atoms with Crippen LogP contribution in [0.2, 0.25) is 0 Å². The van der Waals surface area contributed by atoms with Crippen molar-refractivity contribution in [1.82, 2.24) is 4.57 Å². The van der Waals surface area contributed by atoms with E-state index in [0.29, 0.717) is 23.7 Å². The number of carbonyl (C=O) groups is 1. The van der Waals surface area contributed by atoms with Crippen LogP contribution in [0.1, 0.15) is 22.8 Å². The summed E-state index contributed by atoms with van der Waals surface area (Å²) in [5, 5.41) is 0. The van der Waals surface area contributed by atoms with Crippen LogP contribution in [0.4, 0.5) is 5.69 Å². The maximum atomic E-state index is 13.3. The summed E-state index contributed by atoms with van der Waals surface area (Å²) in [6, 6.07) is 18.6. The second-order valence-electron chi connectivity index (χ2n) is 7.70. The molecule has 0 spiro atoms. The Morgan fingerprint density at radius 2 is 1.86 bits per heavy atom. The van der Waals surface area contributed by atoms with Crippen molar-refractivity contribution in [3.05, 3.63) is 95.3 Å². The topological polar surface area (TPSA) is 89.8 Å². The summed E-state index contributed by atoms with van der Waals surface area (Å²) in [5.41, 5.74) is 2.09. The number of fused-ring (bicyclic) bond motifs is 1. The van der Waals surface area contributed by atoms with E-state index in [-0.39, 0.29) is 16.1 Å². The Morgan fingerprint density at radius 1 is 1.11 bits per heavy atom. The number of thiazole rings is 1. The molecule has 0 unspecified atom stereocenters. The highest BCUT2D eigenvalue weighted by molar-refractivity contribution is 7.92. The molecule has 4 rings (SSSR count). The zero-order valence-electron chi connectivity index (χ0n) is 19.4. The smallest absolute Gasteiger partial charge is 0.281 e. The molecule has 0 saturated carbocycles. The molecular formula is C26H25N3O4S2. The van der Waals surface area contributed by atoms with E-state index < -0.39 is 15.9 Å². The molecule has 7 nitrogen and oxygen atoms in total. The minimum absolute atomic E-state index is 0.110. The average molecular weight is 508 g/mol. The molecule has 1 heterocycles. The highest BCUT2D eigenvalue weighted by atomic mass is 32.2. The Hall–Kier alpha value is -3.69. The number of carbonyl (C=O) groups excluding carboxylic acids is 1. The van der Waals surface area contributed by atoms with Gasteiger partial charge in [0.2, 0.25) is 0 Å². The summed E-state index contributed by atoms with van der Waals surface area (Å²) in [7, 11) is -3.88. The van der Waals surface area contributed by atoms with E-state index >= 15 is 0 Å². The van der Waals surface area contributed by atoms with Gasteiger partial charge in [0, 0.05) is 6.54 Å². The zero-order chi connectivity index (χ0) is 25.0. The fraction of sp³-hybridized carbons (Fsp3) is 0.154. The molecule has 1 aromatic heterocycles. The van der Waals surface area contributed by atoms with E-state index in [1.54, 1.807) is 42.5 Å². The third kappa shape index (κ3) is 5.21. The molecule has 0 radical (unpaired) electrons. The van der Waals surface area contributed by atoms with Gasteiger partial charge in [-0.25, -0.2) is 8.42 Å². The number of ether oxygens (including phenoxy) is 1. The molecule has 0 aliphatic heterocycles. The third-order valence-electron chi connectivity index (χ3n) is 5.21. The monoisotopic (exact) mass is 507 g/mol. The van der Waals surface area contributed by atoms with Gasteiger partial charge in [-0.15, -0.1) is 6.58 Å². The lowest BCUT2D eigenvalue weighted by Crippen LogP contribution is -2.18. The molecule has 0 aliphatic rings. The number of hydrogen-bond donors (Lipinski definition) is 1. The highest BCUT2D eigenvalue weighted by Crippen LogP contribution is 2.28. The summed E-state index contributed by atoms with van der Waals surface area (Å²) < 4.78 is 36.9. The zero-order valence-corrected chi connectivity index (χ0v) is 21.0. The maximum absolute atomic E-state index is 13.3. The molecule has 0 atom stereocenters. The summed E-state index contributed by atoms with van der Waals surface area (Å²) in [5.74, 6) is 0.137. The van der Waals surface area contributed by atoms with Crippen LogP contribution >= 0.6 is 11.3 Å². The SMILES string of the molecule is C=CCn1c(=NC(=O)c2ccccc2NS(=O)(=O)c2ccc(C)cc2)sc2cccc(OCC)c21. The Balaban J connectivity index is 1.77. The third-order valence-corrected chi connectivity index (χ3v) is 7.63. The van der Waals surface area contributed by atoms with Gasteiger partial charge in [0.05, 0.1) is 27.5 Å². The molecular weight excluding hydrogens is 482 g/mol. The lowest BCUT2D eigenvalue weighted by atomic mass is 10.2. The largest absolute Gasteiger partial charge is 0.492 e. The molecule has 4 aromatic rings. The molecule has 0 saturated heterocycles. The van der Waals surface area contributed by atoms with Crippen molar-refractivity contribution in [2.75, 3.05) is 11.3 Å². The van der Waals surface area contributed by atoms with Crippen molar-refractivity contribution in [1.29, 1.82) is 0 Å². The summed E-state index contributed by atoms with van der Waals surface area (Å²) in [6.45, 7) is 8.54. The first-order valence-corrected chi connectivity index (χ1v) is 13.3. The number of aryl methyl sites for hydroxylation is 1. The number of nitrogens with zero attached hydrogens (tertiary/aromatic N) is 2. The predicted molar refractivity (Wildman–Crippen MR) is 140 cm³/mol. The fourth-order valence-electron chi connectivity index (χ4n) is 3.58. The number of amides is 1. The first kappa shape index (κ1) is 24.4. The van der Waals surface area contributed by atoms with Crippen LogP contribution in [-0.2, 0) is 16.6 Å². The molecule has 180 valence electrons. The summed E-state index contributed by atoms with van der Waals surface area (Å²) in [6.07, 6.45) is 1.72. The highest BCUT2D eigenvalue weighted by Gasteiger charge is 2.19. The van der Waals surface area contributed by atoms with E-state index in [2.05, 4.69) is 16.3 Å². The van der Waals surface area contributed by atoms with E-state index in [4.69, 9.17) is 4.74 Å². The van der Waals surface area contributed by atoms with E-state index in [1.807, 2.05) is 36.6 Å². The summed E-state index contributed by atoms with van der Waals surface area (Å²) in [4.78, 5) is 18.2. The number of sulfonamides is 1. The molecule has 0 bridgehead atoms. The lowest BCUT2D eigenvalue weighted by molar-refractivity contribution is 0.0998. The second-order valence-corrected chi connectivity index (χ2v) is 10.4. The van der Waals surface area contributed by atoms with Crippen LogP contribution in [-0.4, -0.2) is 25.5 Å². The number of allylic oxidation sites excluding steroid dienone is 1. The van der Waals surface area contributed by atoms with Crippen molar-refractivity contribution in [2.24, 2.45) is 4.99 Å². The Labute approximate surface area is 208 Å². The number of hydrogen-bond acceptors (Lipinski definition) is 5. The summed E-state index contributed by atoms with van der Waals surface area (Å²) >= 11 is 1.35. The first-order chi connectivity index (χ1) is 16.8. The fourth-order valence-corrected chi connectivity index (χ4v) is 5.72. The van der Waals surface area contributed by atoms with Gasteiger partial charge >= 0.3 is 0 Å². The standard InChI is InChI=1S/C26H25N3O4S2/c1-4-17-29-24-22(33-5-2)11-8-12-23(24)34-26(29)27-25(30)20-9-6-7-10-21(20)28-35(31,32)19-15-13-18(3)14-16-19/h4,6-16,28H,1,5,17H2,2-3H3. The molecule has 35 heavy (non-hydrogen) atoms. The molecule has 1 N–H and O–H groups in total. The molecule has 1 amide bonds. The minimum Gasteiger partial charge on any atom is -0.492 e. The van der Waals surface area contributed by atoms with Crippen LogP contribution in [0.25, 0.3) is 10.2 Å². The molecule has 0 aliphatic carbocycles. The van der Waals surface area contributed by atoms with Gasteiger partial charge < -0.3 is 9.30 Å². The van der Waals surface area contributed by atoms with Gasteiger partial charge in [-0.1, -0.05) is 53.3 Å². The number of rotatable bonds is 8. The Bertz CT molecular complexity index is 1570. The van der Waals surface area contributed by atoms with Gasteiger partial charge in [0.15, 0.2) is 4.80 Å². The maximum Gasteiger partial charge on any atom is 0.281 e. The van der Waals surface area contributed by atoms with Crippen LogP contribution in [0, 0.1) is 6.92 Å². The van der Waals surface area contributed by atoms with Crippen LogP contribution in [0.15, 0.2) is 89.3 Å². The quantitative estimate of drug-likeness (QED) is 0.335. The second kappa shape index (κ2) is 10.3. The minimum atomic E-state index is -3.88. The Kier molecular flexibility index (Phi) is 7.18. The number of nitrogens with one attached hydrogen (secondary N) is 1. The Morgan fingerprint density at radius 3 is 2.57 bits per heavy atom. The van der Waals surface area contributed by atoms with Crippen LogP contribution < -0.4 is 14.3 Å². The van der Waals surface area contributed by atoms with Crippen LogP contribution in [0.3, 0.4) is 0 Å². The number of benzene rings is 3. The van der Waals surface area contributed by atoms with Gasteiger partial charge in [-0.3, -0.25) is 9.52 Å². The van der Waals surface area contributed by atoms with Crippen molar-refractivity contribution in [2.45, 2.75) is 25.3 Å². The average Bonchev–Trinajstić information content (AvgIpc) is 3.17. The van der Waals surface area contributed by atoms with E-state index in [9.17, 15) is 13.2 Å². The van der Waals surface area contributed by atoms with Gasteiger partial charge in [-0.2, -0.15) is 4.99 Å². The molecule has 9 heteroatoms. The molecule has 0 fully saturated rings. The number of aromatic nitrogens is 1. The van der Waals surface area contributed by atoms with Gasteiger partial charge in [0.1, 0.15) is 11.3 Å². The normalized spacial score (nSPS) is 12.0. The number of para-hydroxylation sites is 2. The van der Waals surface area contributed by atoms with E-state index in [0.717, 1.165) is 15.8 Å². The van der Waals surface area contributed by atoms with Crippen molar-refractivity contribution in [3.63, 3.8) is 0 Å². The molecule has 3 aromatic carbocycles. The van der Waals surface area contributed by atoms with Crippen LogP contribution in [0.5, 0.6) is 5.75 Å². The van der Waals surface area contributed by atoms with E-state index in [1.165, 1.54) is 23.5 Å². The van der Waals surface area contributed by atoms with Gasteiger partial charge in [-0.05, 0) is 50.2 Å². The number of anilines is 1. The lowest BCUT2D eigenvalue weighted by Gasteiger charge is -2.11.